The number of nitrogens with zero attached hydrogens (tertiary/aromatic N) is 6. The minimum atomic E-state index is -1.02. The minimum Gasteiger partial charge on any atom is -0.494 e. The third-order valence-corrected chi connectivity index (χ3v) is 11.5. The number of hydrogen-bond acceptors (Lipinski definition) is 13. The number of cyclic esters (lactones) is 1. The maximum absolute atomic E-state index is 15.5. The average molecular weight is 890 g/mol. The molecule has 0 saturated carbocycles. The molecule has 8 rings (SSSR count). The number of rotatable bonds is 13. The maximum atomic E-state index is 15.5. The second kappa shape index (κ2) is 18.3. The number of esters is 1. The highest BCUT2D eigenvalue weighted by Gasteiger charge is 2.34. The first-order chi connectivity index (χ1) is 31.1. The molecule has 3 aliphatic rings. The SMILES string of the molecule is CC(C)(C)OC(=O)NC[C@H]1CN(c2ccc(N3CCN(C(=O)CCn4c(O)c5ccc(N=NCC(=O)C(=O)OCC6c7ccccc7-c7ccccc76)cc5c4O)CC3)c(F)c2)C(=O)O1. The molecule has 1 atom stereocenters. The van der Waals surface area contributed by atoms with Crippen molar-refractivity contribution < 1.29 is 52.8 Å². The lowest BCUT2D eigenvalue weighted by atomic mass is 9.98. The van der Waals surface area contributed by atoms with Crippen LogP contribution >= 0.6 is 0 Å². The van der Waals surface area contributed by atoms with Crippen LogP contribution in [-0.2, 0) is 35.1 Å². The van der Waals surface area contributed by atoms with Gasteiger partial charge in [0.05, 0.1) is 30.2 Å². The van der Waals surface area contributed by atoms with E-state index in [0.29, 0.717) is 42.9 Å². The zero-order chi connectivity index (χ0) is 46.0. The van der Waals surface area contributed by atoms with Crippen molar-refractivity contribution in [3.63, 3.8) is 0 Å². The number of carbonyl (C=O) groups excluding carboxylic acids is 5. The third-order valence-electron chi connectivity index (χ3n) is 11.5. The summed E-state index contributed by atoms with van der Waals surface area (Å²) in [6.07, 6.45) is -2.00. The van der Waals surface area contributed by atoms with Crippen molar-refractivity contribution in [2.75, 3.05) is 62.2 Å². The first-order valence-electron chi connectivity index (χ1n) is 21.2. The second-order valence-corrected chi connectivity index (χ2v) is 16.9. The number of ether oxygens (including phenoxy) is 3. The highest BCUT2D eigenvalue weighted by molar-refractivity contribution is 6.34. The number of azo groups is 1. The van der Waals surface area contributed by atoms with E-state index in [0.717, 1.165) is 22.3 Å². The molecule has 1 aromatic heterocycles. The first kappa shape index (κ1) is 44.1. The van der Waals surface area contributed by atoms with Gasteiger partial charge in [0, 0.05) is 55.8 Å². The number of nitrogens with one attached hydrogen (secondary N) is 1. The van der Waals surface area contributed by atoms with Crippen molar-refractivity contribution in [3.05, 3.63) is 102 Å². The van der Waals surface area contributed by atoms with Crippen LogP contribution in [-0.4, -0.2) is 114 Å². The van der Waals surface area contributed by atoms with Gasteiger partial charge in [-0.2, -0.15) is 10.2 Å². The molecule has 0 spiro atoms. The lowest BCUT2D eigenvalue weighted by Gasteiger charge is -2.36. The van der Waals surface area contributed by atoms with Crippen LogP contribution in [0.2, 0.25) is 0 Å². The molecule has 4 aromatic carbocycles. The Morgan fingerprint density at radius 1 is 0.877 bits per heavy atom. The van der Waals surface area contributed by atoms with E-state index in [1.54, 1.807) is 42.7 Å². The Bertz CT molecular complexity index is 2660. The lowest BCUT2D eigenvalue weighted by Crippen LogP contribution is -2.49. The van der Waals surface area contributed by atoms with Crippen LogP contribution in [0.1, 0.15) is 44.2 Å². The zero-order valence-electron chi connectivity index (χ0n) is 36.0. The van der Waals surface area contributed by atoms with Gasteiger partial charge in [-0.3, -0.25) is 19.1 Å². The van der Waals surface area contributed by atoms with Crippen LogP contribution < -0.4 is 15.1 Å². The van der Waals surface area contributed by atoms with Gasteiger partial charge in [0.15, 0.2) is 0 Å². The molecule has 2 saturated heterocycles. The van der Waals surface area contributed by atoms with Crippen molar-refractivity contribution in [2.24, 2.45) is 10.2 Å². The third kappa shape index (κ3) is 9.56. The normalized spacial score (nSPS) is 16.2. The minimum absolute atomic E-state index is 0.00462. The molecule has 2 aliphatic heterocycles. The first-order valence-corrected chi connectivity index (χ1v) is 21.2. The van der Waals surface area contributed by atoms with Crippen LogP contribution in [0, 0.1) is 5.82 Å². The Balaban J connectivity index is 0.799. The van der Waals surface area contributed by atoms with Gasteiger partial charge < -0.3 is 39.5 Å². The molecular weight excluding hydrogens is 842 g/mol. The number of aromatic nitrogens is 1. The smallest absolute Gasteiger partial charge is 0.414 e. The van der Waals surface area contributed by atoms with E-state index in [9.17, 15) is 34.2 Å². The summed E-state index contributed by atoms with van der Waals surface area (Å²) in [6.45, 7) is 6.02. The number of alkyl carbamates (subject to hydrolysis) is 1. The number of hydrogen-bond donors (Lipinski definition) is 3. The molecule has 3 heterocycles. The molecular formula is C47H48FN7O10. The fourth-order valence-electron chi connectivity index (χ4n) is 8.33. The molecule has 18 heteroatoms. The van der Waals surface area contributed by atoms with Gasteiger partial charge >= 0.3 is 18.2 Å². The molecule has 3 amide bonds. The number of amides is 3. The predicted octanol–water partition coefficient (Wildman–Crippen LogP) is 6.79. The van der Waals surface area contributed by atoms with Gasteiger partial charge in [0.25, 0.3) is 5.78 Å². The molecule has 65 heavy (non-hydrogen) atoms. The van der Waals surface area contributed by atoms with Crippen LogP contribution in [0.4, 0.5) is 31.0 Å². The Morgan fingerprint density at radius 3 is 2.23 bits per heavy atom. The predicted molar refractivity (Wildman–Crippen MR) is 236 cm³/mol. The number of halogens is 1. The Morgan fingerprint density at radius 2 is 1.55 bits per heavy atom. The fraction of sp³-hybridized carbons (Fsp3) is 0.340. The van der Waals surface area contributed by atoms with Crippen molar-refractivity contribution in [3.8, 4) is 22.9 Å². The summed E-state index contributed by atoms with van der Waals surface area (Å²) in [6, 6.07) is 24.7. The summed E-state index contributed by atoms with van der Waals surface area (Å²) < 4.78 is 32.7. The van der Waals surface area contributed by atoms with Crippen molar-refractivity contribution in [2.45, 2.75) is 51.4 Å². The number of ketones is 1. The van der Waals surface area contributed by atoms with Gasteiger partial charge in [-0.1, -0.05) is 48.5 Å². The Kier molecular flexibility index (Phi) is 12.4. The van der Waals surface area contributed by atoms with E-state index in [1.807, 2.05) is 48.5 Å². The number of benzene rings is 4. The highest BCUT2D eigenvalue weighted by atomic mass is 19.1. The maximum Gasteiger partial charge on any atom is 0.414 e. The lowest BCUT2D eigenvalue weighted by molar-refractivity contribution is -0.153. The van der Waals surface area contributed by atoms with Crippen LogP contribution in [0.25, 0.3) is 21.9 Å². The molecule has 338 valence electrons. The molecule has 0 unspecified atom stereocenters. The number of carbonyl (C=O) groups is 5. The Hall–Kier alpha value is -7.50. The Labute approximate surface area is 373 Å². The van der Waals surface area contributed by atoms with Gasteiger partial charge in [-0.05, 0) is 79.4 Å². The van der Waals surface area contributed by atoms with E-state index < -0.39 is 48.0 Å². The van der Waals surface area contributed by atoms with E-state index in [1.165, 1.54) is 33.7 Å². The van der Waals surface area contributed by atoms with Crippen molar-refractivity contribution in [1.82, 2.24) is 14.8 Å². The molecule has 3 N–H and O–H groups in total. The molecule has 1 aliphatic carbocycles. The number of fused-ring (bicyclic) bond motifs is 4. The fourth-order valence-corrected chi connectivity index (χ4v) is 8.33. The summed E-state index contributed by atoms with van der Waals surface area (Å²) in [5.74, 6) is -3.42. The molecule has 0 bridgehead atoms. The summed E-state index contributed by atoms with van der Waals surface area (Å²) in [4.78, 5) is 67.9. The largest absolute Gasteiger partial charge is 0.494 e. The summed E-state index contributed by atoms with van der Waals surface area (Å²) in [7, 11) is 0. The van der Waals surface area contributed by atoms with E-state index in [-0.39, 0.29) is 67.3 Å². The summed E-state index contributed by atoms with van der Waals surface area (Å²) in [5.41, 5.74) is 4.35. The topological polar surface area (TPSA) is 205 Å². The van der Waals surface area contributed by atoms with Gasteiger partial charge in [-0.25, -0.2) is 18.8 Å². The zero-order valence-corrected chi connectivity index (χ0v) is 36.0. The highest BCUT2D eigenvalue weighted by Crippen LogP contribution is 2.44. The number of anilines is 2. The van der Waals surface area contributed by atoms with Crippen molar-refractivity contribution in [1.29, 1.82) is 0 Å². The van der Waals surface area contributed by atoms with Crippen LogP contribution in [0.15, 0.2) is 95.2 Å². The molecule has 5 aromatic rings. The van der Waals surface area contributed by atoms with Crippen LogP contribution in [0.5, 0.6) is 11.8 Å². The summed E-state index contributed by atoms with van der Waals surface area (Å²) >= 11 is 0. The van der Waals surface area contributed by atoms with Crippen molar-refractivity contribution >= 4 is 57.7 Å². The molecule has 17 nitrogen and oxygen atoms in total. The molecule has 2 fully saturated rings. The number of aromatic hydroxyl groups is 2. The average Bonchev–Trinajstić information content (AvgIpc) is 3.90. The van der Waals surface area contributed by atoms with Gasteiger partial charge in [0.2, 0.25) is 17.7 Å². The standard InChI is InChI=1S/C47H48FN7O10/c1-47(2,3)65-45(61)49-24-30-26-55(46(62)64-30)29-13-15-39(38(48)23-29)52-18-20-53(21-19-52)41(57)16-17-54-42(58)35-14-12-28(22-36(35)43(54)59)51-50-25-40(56)44(60)63-27-37-33-10-6-4-8-31(33)32-9-5-7-11-34(32)37/h4-15,22-23,30,37,58-59H,16-21,24-27H2,1-3H3,(H,49,61)/t30-/m0/s1. The summed E-state index contributed by atoms with van der Waals surface area (Å²) in [5, 5.41) is 33.1. The second-order valence-electron chi connectivity index (χ2n) is 16.9. The van der Waals surface area contributed by atoms with E-state index >= 15 is 4.39 Å². The van der Waals surface area contributed by atoms with Crippen LogP contribution in [0.3, 0.4) is 0 Å². The molecule has 0 radical (unpaired) electrons. The number of Topliss-reactive ketones (excluding diaryl/α,β-unsaturated/α-hetero) is 1. The number of piperazine rings is 1. The monoisotopic (exact) mass is 889 g/mol. The quantitative estimate of drug-likeness (QED) is 0.0486. The van der Waals surface area contributed by atoms with Gasteiger partial charge in [0.1, 0.15) is 30.7 Å². The van der Waals surface area contributed by atoms with E-state index in [2.05, 4.69) is 15.5 Å². The van der Waals surface area contributed by atoms with E-state index in [4.69, 9.17) is 14.2 Å². The van der Waals surface area contributed by atoms with Gasteiger partial charge in [-0.15, -0.1) is 0 Å².